The highest BCUT2D eigenvalue weighted by molar-refractivity contribution is 4.86. The smallest absolute Gasteiger partial charge is 0.00144 e. The molecule has 0 spiro atoms. The Kier molecular flexibility index (Phi) is 2.94. The first kappa shape index (κ1) is 7.80. The summed E-state index contributed by atoms with van der Waals surface area (Å²) in [5, 5.41) is 3.40. The topological polar surface area (TPSA) is 12.0 Å². The van der Waals surface area contributed by atoms with Crippen LogP contribution in [0.2, 0.25) is 0 Å². The second kappa shape index (κ2) is 3.77. The minimum atomic E-state index is 0.871. The van der Waals surface area contributed by atoms with Crippen molar-refractivity contribution < 1.29 is 0 Å². The molecule has 58 valence electrons. The lowest BCUT2D eigenvalue weighted by atomic mass is 9.95. The van der Waals surface area contributed by atoms with E-state index in [4.69, 9.17) is 0 Å². The van der Waals surface area contributed by atoms with Crippen molar-refractivity contribution in [1.82, 2.24) is 5.32 Å². The predicted octanol–water partition coefficient (Wildman–Crippen LogP) is 1.81. The Morgan fingerprint density at radius 2 is 2.30 bits per heavy atom. The fourth-order valence-corrected chi connectivity index (χ4v) is 1.49. The lowest BCUT2D eigenvalue weighted by Gasteiger charge is -2.09. The Balaban J connectivity index is 2.26. The van der Waals surface area contributed by atoms with Crippen LogP contribution in [-0.4, -0.2) is 13.1 Å². The van der Waals surface area contributed by atoms with Crippen molar-refractivity contribution in [2.45, 2.75) is 20.3 Å². The van der Waals surface area contributed by atoms with Crippen molar-refractivity contribution in [2.24, 2.45) is 11.8 Å². The van der Waals surface area contributed by atoms with Crippen molar-refractivity contribution in [1.29, 1.82) is 0 Å². The zero-order valence-corrected chi connectivity index (χ0v) is 6.93. The lowest BCUT2D eigenvalue weighted by Crippen LogP contribution is -2.08. The van der Waals surface area contributed by atoms with E-state index in [2.05, 4.69) is 31.3 Å². The summed E-state index contributed by atoms with van der Waals surface area (Å²) >= 11 is 0. The van der Waals surface area contributed by atoms with E-state index >= 15 is 0 Å². The maximum atomic E-state index is 3.40. The molecule has 0 amide bonds. The summed E-state index contributed by atoms with van der Waals surface area (Å²) in [4.78, 5) is 0. The van der Waals surface area contributed by atoms with Gasteiger partial charge in [-0.2, -0.15) is 0 Å². The Hall–Kier alpha value is -0.300. The number of hydrogen-bond donors (Lipinski definition) is 1. The third-order valence-electron chi connectivity index (χ3n) is 2.35. The molecule has 1 aliphatic heterocycles. The van der Waals surface area contributed by atoms with E-state index < -0.39 is 0 Å². The standard InChI is InChI=1S/C9H17N/c1-3-4-5-9-7-10-6-8(9)2/h3-4,8-10H,5-7H2,1-2H3/b4-3-. The van der Waals surface area contributed by atoms with E-state index in [-0.39, 0.29) is 0 Å². The van der Waals surface area contributed by atoms with Crippen LogP contribution in [0.3, 0.4) is 0 Å². The maximum Gasteiger partial charge on any atom is -0.00144 e. The van der Waals surface area contributed by atoms with Crippen LogP contribution in [0.5, 0.6) is 0 Å². The van der Waals surface area contributed by atoms with Crippen molar-refractivity contribution in [3.63, 3.8) is 0 Å². The summed E-state index contributed by atoms with van der Waals surface area (Å²) in [7, 11) is 0. The van der Waals surface area contributed by atoms with E-state index in [9.17, 15) is 0 Å². The predicted molar refractivity (Wildman–Crippen MR) is 45.0 cm³/mol. The molecule has 1 aliphatic rings. The Morgan fingerprint density at radius 1 is 1.50 bits per heavy atom. The molecule has 1 fully saturated rings. The first-order valence-electron chi connectivity index (χ1n) is 4.16. The van der Waals surface area contributed by atoms with Crippen molar-refractivity contribution in [3.8, 4) is 0 Å². The van der Waals surface area contributed by atoms with Crippen molar-refractivity contribution >= 4 is 0 Å². The van der Waals surface area contributed by atoms with Gasteiger partial charge in [-0.15, -0.1) is 0 Å². The molecule has 10 heavy (non-hydrogen) atoms. The third-order valence-corrected chi connectivity index (χ3v) is 2.35. The van der Waals surface area contributed by atoms with E-state index in [1.165, 1.54) is 19.5 Å². The monoisotopic (exact) mass is 139 g/mol. The normalized spacial score (nSPS) is 33.8. The first-order chi connectivity index (χ1) is 4.84. The first-order valence-corrected chi connectivity index (χ1v) is 4.16. The van der Waals surface area contributed by atoms with E-state index in [0.717, 1.165) is 11.8 Å². The Bertz CT molecular complexity index is 118. The zero-order valence-electron chi connectivity index (χ0n) is 6.93. The highest BCUT2D eigenvalue weighted by atomic mass is 14.9. The number of rotatable bonds is 2. The second-order valence-electron chi connectivity index (χ2n) is 3.20. The van der Waals surface area contributed by atoms with E-state index in [1.54, 1.807) is 0 Å². The summed E-state index contributed by atoms with van der Waals surface area (Å²) in [6.45, 7) is 6.84. The SMILES string of the molecule is C/C=C\CC1CNCC1C. The van der Waals surface area contributed by atoms with Crippen molar-refractivity contribution in [3.05, 3.63) is 12.2 Å². The molecule has 1 nitrogen and oxygen atoms in total. The van der Waals surface area contributed by atoms with Gasteiger partial charge in [-0.3, -0.25) is 0 Å². The van der Waals surface area contributed by atoms with Gasteiger partial charge >= 0.3 is 0 Å². The highest BCUT2D eigenvalue weighted by Gasteiger charge is 2.20. The largest absolute Gasteiger partial charge is 0.316 e. The molecule has 1 N–H and O–H groups in total. The fraction of sp³-hybridized carbons (Fsp3) is 0.778. The van der Waals surface area contributed by atoms with Crippen LogP contribution in [0.15, 0.2) is 12.2 Å². The van der Waals surface area contributed by atoms with Gasteiger partial charge in [0.25, 0.3) is 0 Å². The van der Waals surface area contributed by atoms with Gasteiger partial charge in [0.1, 0.15) is 0 Å². The van der Waals surface area contributed by atoms with Crippen LogP contribution in [0.4, 0.5) is 0 Å². The van der Waals surface area contributed by atoms with E-state index in [0.29, 0.717) is 0 Å². The molecule has 0 aliphatic carbocycles. The number of allylic oxidation sites excluding steroid dienone is 2. The molecule has 2 unspecified atom stereocenters. The van der Waals surface area contributed by atoms with Crippen LogP contribution in [0.1, 0.15) is 20.3 Å². The van der Waals surface area contributed by atoms with Crippen LogP contribution < -0.4 is 5.32 Å². The van der Waals surface area contributed by atoms with Gasteiger partial charge in [-0.05, 0) is 38.3 Å². The molecule has 0 saturated carbocycles. The van der Waals surface area contributed by atoms with Crippen molar-refractivity contribution in [2.75, 3.05) is 13.1 Å². The molecule has 2 atom stereocenters. The molecule has 1 heteroatoms. The van der Waals surface area contributed by atoms with E-state index in [1.807, 2.05) is 0 Å². The maximum absolute atomic E-state index is 3.40. The quantitative estimate of drug-likeness (QED) is 0.575. The summed E-state index contributed by atoms with van der Waals surface area (Å²) in [6.07, 6.45) is 5.67. The summed E-state index contributed by atoms with van der Waals surface area (Å²) in [5.41, 5.74) is 0. The average molecular weight is 139 g/mol. The molecule has 1 saturated heterocycles. The minimum absolute atomic E-state index is 0.871. The third kappa shape index (κ3) is 1.84. The van der Waals surface area contributed by atoms with Gasteiger partial charge in [-0.25, -0.2) is 0 Å². The molecule has 1 rings (SSSR count). The Morgan fingerprint density at radius 3 is 2.80 bits per heavy atom. The number of nitrogens with one attached hydrogen (secondary N) is 1. The van der Waals surface area contributed by atoms with Gasteiger partial charge in [0.15, 0.2) is 0 Å². The summed E-state index contributed by atoms with van der Waals surface area (Å²) in [5.74, 6) is 1.76. The summed E-state index contributed by atoms with van der Waals surface area (Å²) in [6, 6.07) is 0. The molecule has 0 aromatic carbocycles. The Labute approximate surface area is 63.5 Å². The van der Waals surface area contributed by atoms with Crippen LogP contribution >= 0.6 is 0 Å². The van der Waals surface area contributed by atoms with Gasteiger partial charge in [0.05, 0.1) is 0 Å². The van der Waals surface area contributed by atoms with Gasteiger partial charge in [0.2, 0.25) is 0 Å². The summed E-state index contributed by atoms with van der Waals surface area (Å²) < 4.78 is 0. The number of hydrogen-bond acceptors (Lipinski definition) is 1. The molecular weight excluding hydrogens is 122 g/mol. The van der Waals surface area contributed by atoms with Gasteiger partial charge in [-0.1, -0.05) is 19.1 Å². The lowest BCUT2D eigenvalue weighted by molar-refractivity contribution is 0.458. The fourth-order valence-electron chi connectivity index (χ4n) is 1.49. The molecule has 0 radical (unpaired) electrons. The molecule has 0 aromatic rings. The van der Waals surface area contributed by atoms with Crippen LogP contribution in [-0.2, 0) is 0 Å². The highest BCUT2D eigenvalue weighted by Crippen LogP contribution is 2.19. The van der Waals surface area contributed by atoms with Crippen LogP contribution in [0, 0.1) is 11.8 Å². The molecule has 1 heterocycles. The molecule has 0 bridgehead atoms. The van der Waals surface area contributed by atoms with Gasteiger partial charge in [0, 0.05) is 0 Å². The molecular formula is C9H17N. The minimum Gasteiger partial charge on any atom is -0.316 e. The zero-order chi connectivity index (χ0) is 7.40. The van der Waals surface area contributed by atoms with Crippen LogP contribution in [0.25, 0.3) is 0 Å². The average Bonchev–Trinajstić information content (AvgIpc) is 2.31. The van der Waals surface area contributed by atoms with Gasteiger partial charge < -0.3 is 5.32 Å². The molecule has 0 aromatic heterocycles. The second-order valence-corrected chi connectivity index (χ2v) is 3.20.